The van der Waals surface area contributed by atoms with Crippen LogP contribution in [0, 0.1) is 18.3 Å². The summed E-state index contributed by atoms with van der Waals surface area (Å²) < 4.78 is 4.94. The van der Waals surface area contributed by atoms with E-state index in [4.69, 9.17) is 9.78 Å². The summed E-state index contributed by atoms with van der Waals surface area (Å²) in [7, 11) is 0. The Hall–Kier alpha value is -1.86. The molecular formula is C11H8N2OS. The van der Waals surface area contributed by atoms with Crippen LogP contribution < -0.4 is 0 Å². The van der Waals surface area contributed by atoms with Crippen molar-refractivity contribution in [3.8, 4) is 6.07 Å². The second-order valence-corrected chi connectivity index (χ2v) is 3.96. The van der Waals surface area contributed by atoms with Gasteiger partial charge < -0.3 is 4.52 Å². The molecule has 0 aromatic carbocycles. The number of hydrogen-bond acceptors (Lipinski definition) is 4. The van der Waals surface area contributed by atoms with Crippen LogP contribution in [-0.4, -0.2) is 5.16 Å². The summed E-state index contributed by atoms with van der Waals surface area (Å²) in [6, 6.07) is 5.80. The Morgan fingerprint density at radius 2 is 2.47 bits per heavy atom. The second kappa shape index (κ2) is 4.11. The van der Waals surface area contributed by atoms with Crippen LogP contribution in [0.15, 0.2) is 28.2 Å². The summed E-state index contributed by atoms with van der Waals surface area (Å²) in [4.78, 5) is 1.07. The molecule has 3 nitrogen and oxygen atoms in total. The summed E-state index contributed by atoms with van der Waals surface area (Å²) in [5, 5.41) is 14.6. The number of aromatic nitrogens is 1. The van der Waals surface area contributed by atoms with Gasteiger partial charge in [-0.2, -0.15) is 5.26 Å². The summed E-state index contributed by atoms with van der Waals surface area (Å²) in [5.74, 6) is 0.505. The first kappa shape index (κ1) is 9.69. The Kier molecular flexibility index (Phi) is 2.66. The Bertz CT molecular complexity index is 517. The van der Waals surface area contributed by atoms with Crippen LogP contribution in [0.5, 0.6) is 0 Å². The van der Waals surface area contributed by atoms with E-state index in [0.717, 1.165) is 10.4 Å². The summed E-state index contributed by atoms with van der Waals surface area (Å²) in [5.41, 5.74) is 1.66. The monoisotopic (exact) mass is 216 g/mol. The first-order valence-electron chi connectivity index (χ1n) is 4.38. The van der Waals surface area contributed by atoms with Crippen LogP contribution in [-0.2, 0) is 0 Å². The molecule has 0 aliphatic heterocycles. The van der Waals surface area contributed by atoms with Gasteiger partial charge in [-0.25, -0.2) is 0 Å². The summed E-state index contributed by atoms with van der Waals surface area (Å²) in [6.07, 6.45) is 3.35. The van der Waals surface area contributed by atoms with Gasteiger partial charge in [-0.15, -0.1) is 11.3 Å². The van der Waals surface area contributed by atoms with Crippen molar-refractivity contribution in [1.29, 1.82) is 5.26 Å². The van der Waals surface area contributed by atoms with Crippen molar-refractivity contribution < 1.29 is 4.52 Å². The first-order valence-corrected chi connectivity index (χ1v) is 5.26. The lowest BCUT2D eigenvalue weighted by Crippen LogP contribution is -1.77. The maximum absolute atomic E-state index is 8.99. The Morgan fingerprint density at radius 1 is 1.60 bits per heavy atom. The van der Waals surface area contributed by atoms with E-state index < -0.39 is 0 Å². The fourth-order valence-corrected chi connectivity index (χ4v) is 2.04. The van der Waals surface area contributed by atoms with Crippen LogP contribution >= 0.6 is 11.3 Å². The molecule has 0 radical (unpaired) electrons. The molecule has 2 aromatic heterocycles. The smallest absolute Gasteiger partial charge is 0.177 e. The molecular weight excluding hydrogens is 208 g/mol. The standard InChI is InChI=1S/C11H8N2OS/c1-8-3-5-15-11(8)6-9(7-12)10-2-4-13-14-10/h2-6H,1H3/b9-6+. The zero-order valence-electron chi connectivity index (χ0n) is 8.10. The molecule has 0 saturated carbocycles. The quantitative estimate of drug-likeness (QED) is 0.725. The number of allylic oxidation sites excluding steroid dienone is 1. The van der Waals surface area contributed by atoms with Crippen molar-refractivity contribution in [2.24, 2.45) is 0 Å². The van der Waals surface area contributed by atoms with E-state index in [-0.39, 0.29) is 0 Å². The number of nitrogens with zero attached hydrogens (tertiary/aromatic N) is 2. The molecule has 2 heterocycles. The third kappa shape index (κ3) is 1.97. The molecule has 0 bridgehead atoms. The highest BCUT2D eigenvalue weighted by Gasteiger charge is 2.06. The predicted molar refractivity (Wildman–Crippen MR) is 59.0 cm³/mol. The van der Waals surface area contributed by atoms with E-state index in [0.29, 0.717) is 11.3 Å². The fourth-order valence-electron chi connectivity index (χ4n) is 1.18. The largest absolute Gasteiger partial charge is 0.356 e. The molecule has 0 aliphatic rings. The van der Waals surface area contributed by atoms with Gasteiger partial charge in [-0.1, -0.05) is 5.16 Å². The van der Waals surface area contributed by atoms with Crippen molar-refractivity contribution in [1.82, 2.24) is 5.16 Å². The first-order chi connectivity index (χ1) is 7.31. The zero-order valence-corrected chi connectivity index (χ0v) is 8.91. The molecule has 2 rings (SSSR count). The van der Waals surface area contributed by atoms with Gasteiger partial charge in [-0.05, 0) is 30.0 Å². The highest BCUT2D eigenvalue weighted by Crippen LogP contribution is 2.23. The molecule has 0 spiro atoms. The van der Waals surface area contributed by atoms with E-state index in [1.165, 1.54) is 6.20 Å². The maximum atomic E-state index is 8.99. The average molecular weight is 216 g/mol. The van der Waals surface area contributed by atoms with Crippen molar-refractivity contribution in [3.05, 3.63) is 39.9 Å². The molecule has 0 saturated heterocycles. The molecule has 15 heavy (non-hydrogen) atoms. The lowest BCUT2D eigenvalue weighted by atomic mass is 10.2. The Morgan fingerprint density at radius 3 is 3.00 bits per heavy atom. The van der Waals surface area contributed by atoms with Crippen molar-refractivity contribution >= 4 is 23.0 Å². The molecule has 0 fully saturated rings. The maximum Gasteiger partial charge on any atom is 0.177 e. The van der Waals surface area contributed by atoms with Gasteiger partial charge in [0.25, 0.3) is 0 Å². The van der Waals surface area contributed by atoms with E-state index >= 15 is 0 Å². The highest BCUT2D eigenvalue weighted by molar-refractivity contribution is 7.11. The van der Waals surface area contributed by atoms with E-state index in [1.54, 1.807) is 17.4 Å². The molecule has 0 N–H and O–H groups in total. The fraction of sp³-hybridized carbons (Fsp3) is 0.0909. The van der Waals surface area contributed by atoms with Gasteiger partial charge in [0.05, 0.1) is 11.8 Å². The Labute approximate surface area is 91.3 Å². The third-order valence-electron chi connectivity index (χ3n) is 2.00. The van der Waals surface area contributed by atoms with Gasteiger partial charge in [0.2, 0.25) is 0 Å². The second-order valence-electron chi connectivity index (χ2n) is 3.01. The van der Waals surface area contributed by atoms with Crippen LogP contribution in [0.2, 0.25) is 0 Å². The van der Waals surface area contributed by atoms with Gasteiger partial charge >= 0.3 is 0 Å². The molecule has 4 heteroatoms. The molecule has 74 valence electrons. The highest BCUT2D eigenvalue weighted by atomic mass is 32.1. The molecule has 0 amide bonds. The number of aryl methyl sites for hydroxylation is 1. The van der Waals surface area contributed by atoms with Gasteiger partial charge in [0, 0.05) is 10.9 Å². The topological polar surface area (TPSA) is 49.8 Å². The zero-order chi connectivity index (χ0) is 10.7. The lowest BCUT2D eigenvalue weighted by molar-refractivity contribution is 0.411. The normalized spacial score (nSPS) is 11.3. The minimum absolute atomic E-state index is 0.498. The van der Waals surface area contributed by atoms with Gasteiger partial charge in [-0.3, -0.25) is 0 Å². The number of nitriles is 1. The minimum atomic E-state index is 0.498. The van der Waals surface area contributed by atoms with Crippen molar-refractivity contribution in [3.63, 3.8) is 0 Å². The van der Waals surface area contributed by atoms with Crippen LogP contribution in [0.25, 0.3) is 11.6 Å². The lowest BCUT2D eigenvalue weighted by Gasteiger charge is -1.92. The van der Waals surface area contributed by atoms with Crippen LogP contribution in [0.1, 0.15) is 16.2 Å². The molecule has 2 aromatic rings. The third-order valence-corrected chi connectivity index (χ3v) is 2.97. The number of hydrogen-bond donors (Lipinski definition) is 0. The van der Waals surface area contributed by atoms with Crippen LogP contribution in [0.4, 0.5) is 0 Å². The van der Waals surface area contributed by atoms with E-state index in [1.807, 2.05) is 24.4 Å². The summed E-state index contributed by atoms with van der Waals surface area (Å²) >= 11 is 1.60. The van der Waals surface area contributed by atoms with Crippen molar-refractivity contribution in [2.45, 2.75) is 6.92 Å². The Balaban J connectivity index is 2.41. The van der Waals surface area contributed by atoms with Gasteiger partial charge in [0.1, 0.15) is 6.07 Å². The number of rotatable bonds is 2. The van der Waals surface area contributed by atoms with Gasteiger partial charge in [0.15, 0.2) is 5.76 Å². The summed E-state index contributed by atoms with van der Waals surface area (Å²) in [6.45, 7) is 2.01. The SMILES string of the molecule is Cc1ccsc1/C=C(\C#N)c1ccno1. The molecule has 0 aliphatic carbocycles. The van der Waals surface area contributed by atoms with E-state index in [2.05, 4.69) is 11.2 Å². The molecule has 0 atom stereocenters. The van der Waals surface area contributed by atoms with E-state index in [9.17, 15) is 0 Å². The minimum Gasteiger partial charge on any atom is -0.356 e. The van der Waals surface area contributed by atoms with Crippen molar-refractivity contribution in [2.75, 3.05) is 0 Å². The molecule has 0 unspecified atom stereocenters. The predicted octanol–water partition coefficient (Wildman–Crippen LogP) is 3.11. The average Bonchev–Trinajstić information content (AvgIpc) is 2.86. The number of thiophene rings is 1. The van der Waals surface area contributed by atoms with Crippen LogP contribution in [0.3, 0.4) is 0 Å².